The van der Waals surface area contributed by atoms with Crippen molar-refractivity contribution in [1.29, 1.82) is 0 Å². The van der Waals surface area contributed by atoms with E-state index in [-0.39, 0.29) is 0 Å². The Hall–Kier alpha value is -0.0800. The van der Waals surface area contributed by atoms with Crippen LogP contribution in [0.25, 0.3) is 0 Å². The fraction of sp³-hybridized carbons (Fsp3) is 1.00. The molecule has 0 aromatic rings. The van der Waals surface area contributed by atoms with Gasteiger partial charge in [0, 0.05) is 12.6 Å². The highest BCUT2D eigenvalue weighted by Gasteiger charge is 2.26. The number of aliphatic hydroxyl groups is 1. The largest absolute Gasteiger partial charge is 0.389 e. The second kappa shape index (κ2) is 6.75. The van der Waals surface area contributed by atoms with Gasteiger partial charge < -0.3 is 10.4 Å². The minimum Gasteiger partial charge on any atom is -0.389 e. The van der Waals surface area contributed by atoms with E-state index in [4.69, 9.17) is 0 Å². The van der Waals surface area contributed by atoms with Gasteiger partial charge in [0.15, 0.2) is 0 Å². The molecule has 0 saturated heterocycles. The third-order valence-electron chi connectivity index (χ3n) is 4.22. The summed E-state index contributed by atoms with van der Waals surface area (Å²) in [4.78, 5) is 0. The van der Waals surface area contributed by atoms with E-state index in [2.05, 4.69) is 26.1 Å². The lowest BCUT2D eigenvalue weighted by atomic mass is 9.79. The van der Waals surface area contributed by atoms with Crippen LogP contribution in [-0.2, 0) is 0 Å². The molecule has 2 heteroatoms. The number of rotatable bonds is 6. The van der Waals surface area contributed by atoms with Gasteiger partial charge >= 0.3 is 0 Å². The van der Waals surface area contributed by atoms with Crippen LogP contribution in [0.2, 0.25) is 0 Å². The summed E-state index contributed by atoms with van der Waals surface area (Å²) in [6.45, 7) is 9.49. The molecule has 0 aromatic heterocycles. The SMILES string of the molecule is CCCC(C)(O)CNC1CCCC(C(C)C)C1. The summed E-state index contributed by atoms with van der Waals surface area (Å²) < 4.78 is 0. The van der Waals surface area contributed by atoms with Crippen LogP contribution >= 0.6 is 0 Å². The lowest BCUT2D eigenvalue weighted by Crippen LogP contribution is -2.44. The van der Waals surface area contributed by atoms with Crippen LogP contribution in [0.5, 0.6) is 0 Å². The molecule has 17 heavy (non-hydrogen) atoms. The molecule has 0 bridgehead atoms. The monoisotopic (exact) mass is 241 g/mol. The van der Waals surface area contributed by atoms with E-state index < -0.39 is 5.60 Å². The summed E-state index contributed by atoms with van der Waals surface area (Å²) >= 11 is 0. The van der Waals surface area contributed by atoms with E-state index in [1.54, 1.807) is 0 Å². The van der Waals surface area contributed by atoms with Crippen molar-refractivity contribution in [3.8, 4) is 0 Å². The molecule has 0 aromatic carbocycles. The molecule has 0 amide bonds. The molecular formula is C15H31NO. The molecule has 2 N–H and O–H groups in total. The normalized spacial score (nSPS) is 29.3. The molecule has 3 unspecified atom stereocenters. The predicted octanol–water partition coefficient (Wildman–Crippen LogP) is 3.34. The van der Waals surface area contributed by atoms with Crippen LogP contribution in [0.1, 0.15) is 66.2 Å². The number of hydrogen-bond donors (Lipinski definition) is 2. The Morgan fingerprint density at radius 1 is 1.35 bits per heavy atom. The molecule has 0 spiro atoms. The summed E-state index contributed by atoms with van der Waals surface area (Å²) in [5.74, 6) is 1.67. The van der Waals surface area contributed by atoms with E-state index >= 15 is 0 Å². The van der Waals surface area contributed by atoms with Gasteiger partial charge in [-0.15, -0.1) is 0 Å². The van der Waals surface area contributed by atoms with Gasteiger partial charge in [0.2, 0.25) is 0 Å². The highest BCUT2D eigenvalue weighted by Crippen LogP contribution is 2.30. The molecule has 1 aliphatic carbocycles. The lowest BCUT2D eigenvalue weighted by Gasteiger charge is -2.34. The maximum absolute atomic E-state index is 10.2. The fourth-order valence-corrected chi connectivity index (χ4v) is 3.01. The van der Waals surface area contributed by atoms with Gasteiger partial charge in [-0.05, 0) is 38.0 Å². The number of nitrogens with one attached hydrogen (secondary N) is 1. The van der Waals surface area contributed by atoms with Crippen molar-refractivity contribution < 1.29 is 5.11 Å². The minimum atomic E-state index is -0.528. The Labute approximate surface area is 107 Å². The quantitative estimate of drug-likeness (QED) is 0.747. The Morgan fingerprint density at radius 2 is 2.06 bits per heavy atom. The third-order valence-corrected chi connectivity index (χ3v) is 4.22. The van der Waals surface area contributed by atoms with Crippen molar-refractivity contribution in [2.45, 2.75) is 77.9 Å². The van der Waals surface area contributed by atoms with Crippen LogP contribution in [0.3, 0.4) is 0 Å². The second-order valence-corrected chi connectivity index (χ2v) is 6.50. The molecular weight excluding hydrogens is 210 g/mol. The van der Waals surface area contributed by atoms with Crippen LogP contribution in [0, 0.1) is 11.8 Å². The Balaban J connectivity index is 2.31. The lowest BCUT2D eigenvalue weighted by molar-refractivity contribution is 0.0439. The summed E-state index contributed by atoms with van der Waals surface area (Å²) in [6.07, 6.45) is 7.25. The minimum absolute atomic E-state index is 0.528. The zero-order chi connectivity index (χ0) is 12.9. The molecule has 102 valence electrons. The fourth-order valence-electron chi connectivity index (χ4n) is 3.01. The summed E-state index contributed by atoms with van der Waals surface area (Å²) in [6, 6.07) is 0.625. The molecule has 1 aliphatic rings. The van der Waals surface area contributed by atoms with Gasteiger partial charge in [-0.1, -0.05) is 40.0 Å². The Morgan fingerprint density at radius 3 is 2.65 bits per heavy atom. The first kappa shape index (κ1) is 15.0. The smallest absolute Gasteiger partial charge is 0.0743 e. The first-order valence-electron chi connectivity index (χ1n) is 7.40. The van der Waals surface area contributed by atoms with Gasteiger partial charge in [-0.25, -0.2) is 0 Å². The zero-order valence-corrected chi connectivity index (χ0v) is 12.1. The van der Waals surface area contributed by atoms with Gasteiger partial charge in [0.1, 0.15) is 0 Å². The molecule has 0 heterocycles. The molecule has 0 aliphatic heterocycles. The Bertz CT molecular complexity index is 213. The standard InChI is InChI=1S/C15H31NO/c1-5-9-15(4,17)11-16-14-8-6-7-13(10-14)12(2)3/h12-14,16-17H,5-11H2,1-4H3. The van der Waals surface area contributed by atoms with E-state index in [1.807, 2.05) is 6.92 Å². The molecule has 3 atom stereocenters. The molecule has 1 rings (SSSR count). The average molecular weight is 241 g/mol. The van der Waals surface area contributed by atoms with Crippen molar-refractivity contribution >= 4 is 0 Å². The zero-order valence-electron chi connectivity index (χ0n) is 12.1. The van der Waals surface area contributed by atoms with Crippen molar-refractivity contribution in [3.63, 3.8) is 0 Å². The van der Waals surface area contributed by atoms with E-state index in [0.717, 1.165) is 31.2 Å². The van der Waals surface area contributed by atoms with Gasteiger partial charge in [-0.2, -0.15) is 0 Å². The second-order valence-electron chi connectivity index (χ2n) is 6.50. The van der Waals surface area contributed by atoms with E-state index in [0.29, 0.717) is 6.04 Å². The topological polar surface area (TPSA) is 32.3 Å². The molecule has 0 radical (unpaired) electrons. The molecule has 1 fully saturated rings. The summed E-state index contributed by atoms with van der Waals surface area (Å²) in [5.41, 5.74) is -0.528. The van der Waals surface area contributed by atoms with Crippen LogP contribution < -0.4 is 5.32 Å². The Kier molecular flexibility index (Phi) is 5.94. The van der Waals surface area contributed by atoms with Gasteiger partial charge in [0.25, 0.3) is 0 Å². The third kappa shape index (κ3) is 5.39. The van der Waals surface area contributed by atoms with Gasteiger partial charge in [0.05, 0.1) is 5.60 Å². The first-order valence-corrected chi connectivity index (χ1v) is 7.40. The van der Waals surface area contributed by atoms with Crippen LogP contribution in [0.15, 0.2) is 0 Å². The van der Waals surface area contributed by atoms with Crippen molar-refractivity contribution in [3.05, 3.63) is 0 Å². The number of hydrogen-bond acceptors (Lipinski definition) is 2. The highest BCUT2D eigenvalue weighted by atomic mass is 16.3. The van der Waals surface area contributed by atoms with Gasteiger partial charge in [-0.3, -0.25) is 0 Å². The summed E-state index contributed by atoms with van der Waals surface area (Å²) in [5, 5.41) is 13.7. The maximum atomic E-state index is 10.2. The predicted molar refractivity (Wildman–Crippen MR) is 74.1 cm³/mol. The van der Waals surface area contributed by atoms with Crippen LogP contribution in [-0.4, -0.2) is 23.3 Å². The average Bonchev–Trinajstić information content (AvgIpc) is 2.27. The van der Waals surface area contributed by atoms with E-state index in [1.165, 1.54) is 25.7 Å². The van der Waals surface area contributed by atoms with E-state index in [9.17, 15) is 5.11 Å². The highest BCUT2D eigenvalue weighted by molar-refractivity contribution is 4.83. The van der Waals surface area contributed by atoms with Crippen LogP contribution in [0.4, 0.5) is 0 Å². The maximum Gasteiger partial charge on any atom is 0.0743 e. The van der Waals surface area contributed by atoms with Crippen molar-refractivity contribution in [1.82, 2.24) is 5.32 Å². The summed E-state index contributed by atoms with van der Waals surface area (Å²) in [7, 11) is 0. The molecule has 2 nitrogen and oxygen atoms in total. The van der Waals surface area contributed by atoms with Crippen molar-refractivity contribution in [2.75, 3.05) is 6.54 Å². The molecule has 1 saturated carbocycles. The first-order chi connectivity index (χ1) is 7.94. The van der Waals surface area contributed by atoms with Crippen molar-refractivity contribution in [2.24, 2.45) is 11.8 Å².